The van der Waals surface area contributed by atoms with Crippen LogP contribution in [0.15, 0.2) is 314 Å². The minimum Gasteiger partial charge on any atom is -0.460 e. The van der Waals surface area contributed by atoms with Crippen molar-refractivity contribution in [2.24, 2.45) is 11.5 Å². The van der Waals surface area contributed by atoms with Crippen molar-refractivity contribution in [3.8, 4) is 45.6 Å². The van der Waals surface area contributed by atoms with E-state index in [9.17, 15) is 22.8 Å². The third-order valence-electron chi connectivity index (χ3n) is 25.7. The Kier molecular flexibility index (Phi) is 22.3. The number of aromatic nitrogens is 12. The molecule has 25 aromatic rings. The number of Topliss-reactive ketones (excluding diaryl/α,β-unsaturated/α-hetero) is 1. The molecule has 17 aromatic carbocycles. The van der Waals surface area contributed by atoms with Gasteiger partial charge in [0.1, 0.15) is 23.1 Å². The Labute approximate surface area is 822 Å². The highest BCUT2D eigenvalue weighted by Gasteiger charge is 2.32. The lowest BCUT2D eigenvalue weighted by Gasteiger charge is -2.20. The van der Waals surface area contributed by atoms with E-state index in [1.807, 2.05) is 189 Å². The Morgan fingerprint density at radius 1 is 0.399 bits per heavy atom. The zero-order chi connectivity index (χ0) is 95.2. The number of hydrogen-bond donors (Lipinski definition) is 9. The quantitative estimate of drug-likeness (QED) is 0.0312. The monoisotopic (exact) mass is 2080 g/mol. The topological polar surface area (TPSA) is 329 Å². The standard InChI is InChI=1S/C32H29BrN4O3.C30H21BrN4O2S.C25H17BrN4O.C25H18BrN3/c1-32(2,3)40-28(39)15-25(34)27(38)13-17-8-10-20-19-6-4-5-7-21(19)29-30(23(20)12-17)37-31(36-29)24-16-35-26-11-9-18(33)14-22(24)26;1-17-6-10-20(11-7-17)38(36,37)35-29-25-15-19(32)9-12-22(25)21-4-2-3-5-23(21)28(29)34-30(35)26-16-33-27-13-8-18(31)14-24(26)27;26-14-9-10-21-19(11-14)20(13-28-21)25-29-23-17-7-3-1-5-15(17)16-6-2-4-8-18(16)24(23)30(25)22(31)12-27;1-13-3-6-16-17-7-4-14(2)10-20(17)24-23(19(16)9-13)28-25(29-24)21-12-27-22-8-5-15(26)11-18(21)22/h4-12,14,16,25,35H,13,15,34H2,1-3H3,(H,36,37);2-16,33H,32H2,1H3;1-11,13,28H,12,27H2;3-12,27H,1-2H3,(H,28,29)/t25-;;;/m0.../s1. The van der Waals surface area contributed by atoms with E-state index in [1.54, 1.807) is 49.6 Å². The number of ketones is 1. The molecule has 0 aliphatic rings. The van der Waals surface area contributed by atoms with E-state index in [1.165, 1.54) is 36.6 Å². The number of carbonyl (C=O) groups is 3. The first-order valence-electron chi connectivity index (χ1n) is 44.9. The Balaban J connectivity index is 0.000000107. The molecule has 0 aliphatic carbocycles. The second kappa shape index (κ2) is 34.8. The van der Waals surface area contributed by atoms with Crippen molar-refractivity contribution in [3.63, 3.8) is 0 Å². The number of benzene rings is 17. The fourth-order valence-electron chi connectivity index (χ4n) is 19.4. The average Bonchev–Trinajstić information content (AvgIpc) is 1.57. The molecule has 25 rings (SSSR count). The second-order valence-electron chi connectivity index (χ2n) is 36.0. The SMILES string of the molecule is CC(C)(C)OC(=O)C[C@H](N)C(=O)Cc1ccc2c3ccccc3c3[nH]c(-c4c[nH]c5ccc(Br)cc45)nc3c2c1.Cc1ccc(S(=O)(=O)n2c(-c3c[nH]c4ccc(Br)cc34)nc3c4ccccc4c4ccc(N)cc4c32)cc1.Cc1ccc2c3ccc(C)cc3c3[nH]c(-c4c[nH]c5ccc(Br)cc45)nc3c2c1.NCC(=O)n1c(-c2c[nH]c3ccc(Br)cc23)nc2c3ccccc3c3ccccc3c21. The maximum Gasteiger partial charge on any atom is 0.308 e. The maximum atomic E-state index is 14.5. The Morgan fingerprint density at radius 3 is 1.32 bits per heavy atom. The van der Waals surface area contributed by atoms with E-state index in [4.69, 9.17) is 41.9 Å². The Morgan fingerprint density at radius 2 is 0.797 bits per heavy atom. The number of aromatic amines is 6. The van der Waals surface area contributed by atoms with Crippen molar-refractivity contribution in [1.29, 1.82) is 0 Å². The molecule has 0 spiro atoms. The van der Waals surface area contributed by atoms with Crippen LogP contribution in [0.5, 0.6) is 0 Å². The van der Waals surface area contributed by atoms with Gasteiger partial charge in [0.15, 0.2) is 11.6 Å². The fraction of sp³-hybridized carbons (Fsp3) is 0.0982. The van der Waals surface area contributed by atoms with Gasteiger partial charge in [0.2, 0.25) is 5.91 Å². The zero-order valence-corrected chi connectivity index (χ0v) is 82.4. The van der Waals surface area contributed by atoms with Crippen LogP contribution in [0.2, 0.25) is 0 Å². The predicted molar refractivity (Wildman–Crippen MR) is 576 cm³/mol. The molecule has 1 atom stereocenters. The van der Waals surface area contributed by atoms with Crippen molar-refractivity contribution in [3.05, 3.63) is 332 Å². The lowest BCUT2D eigenvalue weighted by atomic mass is 9.95. The van der Waals surface area contributed by atoms with Gasteiger partial charge in [-0.3, -0.25) is 19.0 Å². The number of imidazole rings is 4. The summed E-state index contributed by atoms with van der Waals surface area (Å²) in [6.07, 6.45) is 7.69. The van der Waals surface area contributed by atoms with Crippen LogP contribution in [0.4, 0.5) is 5.69 Å². The minimum atomic E-state index is -4.06. The Bertz CT molecular complexity index is 9470. The van der Waals surface area contributed by atoms with Gasteiger partial charge < -0.3 is 51.8 Å². The van der Waals surface area contributed by atoms with Gasteiger partial charge in [-0.25, -0.2) is 32.3 Å². The van der Waals surface area contributed by atoms with Crippen molar-refractivity contribution in [2.45, 2.75) is 70.9 Å². The summed E-state index contributed by atoms with van der Waals surface area (Å²) in [6.45, 7) is 11.5. The molecule has 8 aromatic heterocycles. The summed E-state index contributed by atoms with van der Waals surface area (Å²) in [4.78, 5) is 79.3. The summed E-state index contributed by atoms with van der Waals surface area (Å²) in [5.41, 5.74) is 36.6. The summed E-state index contributed by atoms with van der Waals surface area (Å²) in [5, 5.41) is 20.9. The molecule has 0 aliphatic heterocycles. The van der Waals surface area contributed by atoms with Crippen LogP contribution in [-0.4, -0.2) is 103 Å². The average molecular weight is 2090 g/mol. The van der Waals surface area contributed by atoms with Crippen LogP contribution in [0, 0.1) is 20.8 Å². The zero-order valence-electron chi connectivity index (χ0n) is 75.2. The third-order valence-corrected chi connectivity index (χ3v) is 29.4. The van der Waals surface area contributed by atoms with Crippen LogP contribution in [0.1, 0.15) is 54.2 Å². The molecule has 138 heavy (non-hydrogen) atoms. The number of nitrogens with two attached hydrogens (primary N) is 3. The number of nitrogen functional groups attached to an aromatic ring is 1. The summed E-state index contributed by atoms with van der Waals surface area (Å²) < 4.78 is 41.3. The third kappa shape index (κ3) is 15.7. The number of hydrogen-bond acceptors (Lipinski definition) is 13. The smallest absolute Gasteiger partial charge is 0.308 e. The number of nitrogens with zero attached hydrogens (tertiary/aromatic N) is 6. The number of esters is 1. The van der Waals surface area contributed by atoms with Crippen molar-refractivity contribution in [1.82, 2.24) is 58.4 Å². The highest BCUT2D eigenvalue weighted by Crippen LogP contribution is 2.47. The van der Waals surface area contributed by atoms with Crippen LogP contribution in [0.25, 0.3) is 219 Å². The molecule has 12 N–H and O–H groups in total. The highest BCUT2D eigenvalue weighted by atomic mass is 79.9. The first-order valence-corrected chi connectivity index (χ1v) is 49.5. The van der Waals surface area contributed by atoms with Crippen LogP contribution >= 0.6 is 63.7 Å². The van der Waals surface area contributed by atoms with Gasteiger partial charge in [-0.2, -0.15) is 0 Å². The molecule has 0 saturated carbocycles. The lowest BCUT2D eigenvalue weighted by molar-refractivity contribution is -0.156. The number of aryl methyl sites for hydroxylation is 3. The first-order chi connectivity index (χ1) is 66.6. The van der Waals surface area contributed by atoms with Gasteiger partial charge >= 0.3 is 5.97 Å². The molecule has 678 valence electrons. The number of H-pyrrole nitrogens is 6. The van der Waals surface area contributed by atoms with Gasteiger partial charge in [-0.1, -0.05) is 232 Å². The van der Waals surface area contributed by atoms with Crippen LogP contribution in [-0.2, 0) is 30.8 Å². The van der Waals surface area contributed by atoms with E-state index in [-0.39, 0.29) is 36.0 Å². The fourth-order valence-corrected chi connectivity index (χ4v) is 22.3. The van der Waals surface area contributed by atoms with Gasteiger partial charge in [0.05, 0.1) is 68.0 Å². The molecule has 26 heteroatoms. The van der Waals surface area contributed by atoms with Gasteiger partial charge in [-0.15, -0.1) is 0 Å². The number of ether oxygens (including phenoxy) is 1. The molecular weight excluding hydrogens is 2000 g/mol. The number of fused-ring (bicyclic) bond motifs is 28. The molecule has 0 unspecified atom stereocenters. The molecule has 21 nitrogen and oxygen atoms in total. The number of anilines is 1. The van der Waals surface area contributed by atoms with E-state index < -0.39 is 27.6 Å². The molecular formula is C112H85Br4N15O6S. The van der Waals surface area contributed by atoms with E-state index in [0.29, 0.717) is 33.9 Å². The number of rotatable bonds is 12. The lowest BCUT2D eigenvalue weighted by Crippen LogP contribution is -2.36. The van der Waals surface area contributed by atoms with Crippen LogP contribution in [0.3, 0.4) is 0 Å². The normalized spacial score (nSPS) is 12.3. The largest absolute Gasteiger partial charge is 0.460 e. The van der Waals surface area contributed by atoms with E-state index in [0.717, 1.165) is 199 Å². The predicted octanol–water partition coefficient (Wildman–Crippen LogP) is 27.6. The van der Waals surface area contributed by atoms with Crippen molar-refractivity contribution < 1.29 is 27.5 Å². The van der Waals surface area contributed by atoms with Crippen molar-refractivity contribution >= 4 is 271 Å². The summed E-state index contributed by atoms with van der Waals surface area (Å²) >= 11 is 14.3. The molecule has 0 fully saturated rings. The molecule has 0 bridgehead atoms. The van der Waals surface area contributed by atoms with Crippen LogP contribution < -0.4 is 17.2 Å². The summed E-state index contributed by atoms with van der Waals surface area (Å²) in [7, 11) is -4.06. The van der Waals surface area contributed by atoms with Gasteiger partial charge in [0.25, 0.3) is 10.0 Å². The summed E-state index contributed by atoms with van der Waals surface area (Å²) in [6, 6.07) is 87.7. The number of carbonyl (C=O) groups excluding carboxylic acids is 3. The molecule has 8 heterocycles. The number of halogens is 4. The van der Waals surface area contributed by atoms with Gasteiger partial charge in [0, 0.05) is 164 Å². The molecule has 0 saturated heterocycles. The molecule has 0 radical (unpaired) electrons. The minimum absolute atomic E-state index is 0.105. The van der Waals surface area contributed by atoms with Crippen molar-refractivity contribution in [2.75, 3.05) is 12.3 Å². The summed E-state index contributed by atoms with van der Waals surface area (Å²) in [5.74, 6) is 1.70. The first kappa shape index (κ1) is 88.5. The van der Waals surface area contributed by atoms with E-state index >= 15 is 0 Å². The van der Waals surface area contributed by atoms with E-state index in [2.05, 4.69) is 192 Å². The Hall–Kier alpha value is -14.7. The van der Waals surface area contributed by atoms with Gasteiger partial charge in [-0.05, 0) is 205 Å². The molecule has 0 amide bonds. The maximum absolute atomic E-state index is 14.5. The highest BCUT2D eigenvalue weighted by molar-refractivity contribution is 9.11. The number of nitrogens with one attached hydrogen (secondary N) is 6. The second-order valence-corrected chi connectivity index (χ2v) is 41.4.